The molecule has 6 rings (SSSR count). The Bertz CT molecular complexity index is 1840. The van der Waals surface area contributed by atoms with Gasteiger partial charge in [-0.25, -0.2) is 0 Å². The molecule has 0 saturated heterocycles. The van der Waals surface area contributed by atoms with E-state index in [1.807, 2.05) is 42.6 Å². The third-order valence-corrected chi connectivity index (χ3v) is 10.7. The number of ether oxygens (including phenoxy) is 2. The largest absolute Gasteiger partial charge is 0.437 e. The molecule has 9 heteroatoms. The van der Waals surface area contributed by atoms with Gasteiger partial charge in [0.2, 0.25) is 0 Å². The Morgan fingerprint density at radius 1 is 1.04 bits per heavy atom. The second-order valence-electron chi connectivity index (χ2n) is 14.5. The number of fused-ring (bicyclic) bond motifs is 5. The third-order valence-electron chi connectivity index (χ3n) is 10.7. The lowest BCUT2D eigenvalue weighted by molar-refractivity contribution is -0.886. The number of unbranched alkanes of at least 4 members (excludes halogenated alkanes) is 4. The topological polar surface area (TPSA) is 145 Å². The van der Waals surface area contributed by atoms with Gasteiger partial charge in [0.25, 0.3) is 6.23 Å². The average molecular weight is 706 g/mol. The first-order valence-corrected chi connectivity index (χ1v) is 19.1. The minimum absolute atomic E-state index is 0.118. The van der Waals surface area contributed by atoms with Crippen molar-refractivity contribution in [1.29, 1.82) is 0 Å². The molecule has 1 unspecified atom stereocenters. The number of aryl methyl sites for hydroxylation is 1. The van der Waals surface area contributed by atoms with Gasteiger partial charge in [-0.3, -0.25) is 14.7 Å². The van der Waals surface area contributed by atoms with Gasteiger partial charge >= 0.3 is 0 Å². The quantitative estimate of drug-likeness (QED) is 0.109. The van der Waals surface area contributed by atoms with Gasteiger partial charge in [0, 0.05) is 31.4 Å². The molecule has 4 aliphatic heterocycles. The van der Waals surface area contributed by atoms with E-state index >= 15 is 0 Å². The Morgan fingerprint density at radius 3 is 2.63 bits per heavy atom. The van der Waals surface area contributed by atoms with Gasteiger partial charge in [-0.1, -0.05) is 94.4 Å². The van der Waals surface area contributed by atoms with Gasteiger partial charge in [0.05, 0.1) is 17.8 Å². The molecule has 0 radical (unpaired) electrons. The molecule has 0 aliphatic carbocycles. The molecule has 0 aromatic heterocycles. The van der Waals surface area contributed by atoms with E-state index < -0.39 is 24.6 Å². The van der Waals surface area contributed by atoms with E-state index in [4.69, 9.17) is 25.9 Å². The summed E-state index contributed by atoms with van der Waals surface area (Å²) in [6, 6.07) is 11.4. The fourth-order valence-corrected chi connectivity index (χ4v) is 7.63. The number of aliphatic hydroxyl groups excluding tert-OH is 2. The molecule has 2 aromatic rings. The molecule has 2 bridgehead atoms. The van der Waals surface area contributed by atoms with Gasteiger partial charge in [-0.05, 0) is 59.2 Å². The number of allylic oxidation sites excluding steroid dienone is 1. The number of ketones is 1. The van der Waals surface area contributed by atoms with Crippen molar-refractivity contribution >= 4 is 11.5 Å². The molecule has 4 aliphatic rings. The van der Waals surface area contributed by atoms with Crippen LogP contribution in [-0.4, -0.2) is 40.6 Å². The highest BCUT2D eigenvalue weighted by Gasteiger charge is 2.40. The number of rotatable bonds is 14. The van der Waals surface area contributed by atoms with E-state index in [1.165, 1.54) is 0 Å². The standard InChI is InChI=1S/C43H52N4O5/c1-3-5-7-11-34(37(48)12-8-6-4-2)39(50)18-13-28-14-20-40-41(22-28)52-43-29(10-9-21-51-40)16-19-38(49)33-17-15-30(42(44)45)23-31(33)24-32-25-46-36-27-47(43)26-35(32)36/h14-15,17,20,22-23,25-26,29,34,37-38,42-43,48-49H,3-8,10-13,18,24,27,44-45H2,1-2H3/p+1/t29-,34+,37+,38+,43-/m0/s1. The second kappa shape index (κ2) is 17.5. The summed E-state index contributed by atoms with van der Waals surface area (Å²) in [6.07, 6.45) is 13.5. The first kappa shape index (κ1) is 37.5. The molecule has 7 N–H and O–H groups in total. The summed E-state index contributed by atoms with van der Waals surface area (Å²) in [7, 11) is 0. The fourth-order valence-electron chi connectivity index (χ4n) is 7.63. The van der Waals surface area contributed by atoms with Gasteiger partial charge < -0.3 is 31.2 Å². The van der Waals surface area contributed by atoms with Gasteiger partial charge in [-0.2, -0.15) is 0 Å². The molecule has 9 nitrogen and oxygen atoms in total. The number of hydrogen-bond acceptors (Lipinski definition) is 8. The summed E-state index contributed by atoms with van der Waals surface area (Å²) in [5, 5.41) is 22.4. The van der Waals surface area contributed by atoms with E-state index in [0.29, 0.717) is 55.7 Å². The van der Waals surface area contributed by atoms with E-state index in [-0.39, 0.29) is 17.6 Å². The van der Waals surface area contributed by atoms with Crippen molar-refractivity contribution in [3.63, 3.8) is 0 Å². The van der Waals surface area contributed by atoms with E-state index in [2.05, 4.69) is 43.9 Å². The predicted octanol–water partition coefficient (Wildman–Crippen LogP) is 4.72. The van der Waals surface area contributed by atoms with Crippen molar-refractivity contribution in [2.45, 2.75) is 115 Å². The van der Waals surface area contributed by atoms with Crippen LogP contribution < -0.4 is 25.8 Å². The summed E-state index contributed by atoms with van der Waals surface area (Å²) < 4.78 is 12.7. The number of nitrogens with two attached hydrogens (primary N) is 2. The lowest BCUT2D eigenvalue weighted by Gasteiger charge is -2.27. The number of carbonyl (C=O) groups excluding carboxylic acids is 1. The highest BCUT2D eigenvalue weighted by Crippen LogP contribution is 2.34. The first-order valence-electron chi connectivity index (χ1n) is 19.1. The van der Waals surface area contributed by atoms with Crippen LogP contribution in [0.1, 0.15) is 113 Å². The van der Waals surface area contributed by atoms with Crippen molar-refractivity contribution in [2.24, 2.45) is 28.3 Å². The molecular weight excluding hydrogens is 652 g/mol. The third kappa shape index (κ3) is 8.86. The van der Waals surface area contributed by atoms with Crippen LogP contribution >= 0.6 is 0 Å². The number of nitrogens with zero attached hydrogens (tertiary/aromatic N) is 1. The van der Waals surface area contributed by atoms with Crippen LogP contribution in [0.25, 0.3) is 0 Å². The number of nitrogens with one attached hydrogen (secondary N) is 1. The summed E-state index contributed by atoms with van der Waals surface area (Å²) in [5.41, 5.74) is 18.5. The highest BCUT2D eigenvalue weighted by atomic mass is 16.5. The lowest BCUT2D eigenvalue weighted by Crippen LogP contribution is -3.13. The van der Waals surface area contributed by atoms with Crippen molar-refractivity contribution in [3.05, 3.63) is 82.2 Å². The van der Waals surface area contributed by atoms with Gasteiger partial charge in [-0.15, -0.1) is 0 Å². The maximum atomic E-state index is 13.6. The van der Waals surface area contributed by atoms with Crippen molar-refractivity contribution < 1.29 is 29.4 Å². The molecule has 0 amide bonds. The second-order valence-corrected chi connectivity index (χ2v) is 14.5. The highest BCUT2D eigenvalue weighted by molar-refractivity contribution is 6.08. The number of quaternary nitrogens is 1. The van der Waals surface area contributed by atoms with Crippen molar-refractivity contribution in [2.75, 3.05) is 6.54 Å². The Labute approximate surface area is 308 Å². The molecule has 274 valence electrons. The zero-order chi connectivity index (χ0) is 36.6. The molecule has 0 saturated carbocycles. The first-order chi connectivity index (χ1) is 25.2. The Hall–Kier alpha value is -4.22. The molecule has 6 atom stereocenters. The number of aliphatic imine (C=N–C) groups is 1. The number of hydrogen-bond donors (Lipinski definition) is 5. The SMILES string of the molecule is CCCCC[C@@H](O)[C@@H](CCCCC)C(=O)CCc1ccc2c(c1)O[C@H]1[C@H](C#C[C@@H](O)c3ccc(C(N)N)cc3CC3=CN=C4C[NH+]1C=C34)CC#CO2. The molecule has 52 heavy (non-hydrogen) atoms. The van der Waals surface area contributed by atoms with Crippen LogP contribution in [0.5, 0.6) is 11.5 Å². The Morgan fingerprint density at radius 2 is 1.85 bits per heavy atom. The van der Waals surface area contributed by atoms with Crippen LogP contribution in [0.4, 0.5) is 0 Å². The Balaban J connectivity index is 1.26. The molecule has 0 spiro atoms. The minimum atomic E-state index is -1.04. The van der Waals surface area contributed by atoms with Crippen LogP contribution in [0.3, 0.4) is 0 Å². The van der Waals surface area contributed by atoms with Crippen LogP contribution in [0.15, 0.2) is 64.9 Å². The van der Waals surface area contributed by atoms with Gasteiger partial charge in [0.15, 0.2) is 11.5 Å². The zero-order valence-corrected chi connectivity index (χ0v) is 30.5. The number of carbonyl (C=O) groups is 1. The zero-order valence-electron chi connectivity index (χ0n) is 30.5. The molecule has 4 heterocycles. The lowest BCUT2D eigenvalue weighted by atomic mass is 9.86. The average Bonchev–Trinajstić information content (AvgIpc) is 3.74. The summed E-state index contributed by atoms with van der Waals surface area (Å²) >= 11 is 0. The van der Waals surface area contributed by atoms with E-state index in [0.717, 1.165) is 83.4 Å². The number of aliphatic hydroxyl groups is 2. The maximum Gasteiger partial charge on any atom is 0.251 e. The van der Waals surface area contributed by atoms with Gasteiger partial charge in [0.1, 0.15) is 42.4 Å². The fraction of sp³-hybridized carbons (Fsp3) is 0.488. The predicted molar refractivity (Wildman–Crippen MR) is 202 cm³/mol. The summed E-state index contributed by atoms with van der Waals surface area (Å²) in [5.74, 6) is 10.0. The molecule has 2 aromatic carbocycles. The molecular formula is C43H53N4O5+. The summed E-state index contributed by atoms with van der Waals surface area (Å²) in [6.45, 7) is 4.91. The Kier molecular flexibility index (Phi) is 12.7. The molecule has 0 fully saturated rings. The van der Waals surface area contributed by atoms with Crippen LogP contribution in [0, 0.1) is 35.7 Å². The maximum absolute atomic E-state index is 13.6. The van der Waals surface area contributed by atoms with Crippen molar-refractivity contribution in [3.8, 4) is 35.4 Å². The van der Waals surface area contributed by atoms with Crippen molar-refractivity contribution in [1.82, 2.24) is 0 Å². The minimum Gasteiger partial charge on any atom is -0.437 e. The normalized spacial score (nSPS) is 22.6. The van der Waals surface area contributed by atoms with Crippen LogP contribution in [-0.2, 0) is 17.6 Å². The smallest absolute Gasteiger partial charge is 0.251 e. The van der Waals surface area contributed by atoms with E-state index in [1.54, 1.807) is 0 Å². The van der Waals surface area contributed by atoms with Crippen LogP contribution in [0.2, 0.25) is 0 Å². The van der Waals surface area contributed by atoms with E-state index in [9.17, 15) is 15.0 Å². The summed E-state index contributed by atoms with van der Waals surface area (Å²) in [4.78, 5) is 19.4. The number of benzene rings is 2. The monoisotopic (exact) mass is 705 g/mol. The number of Topliss-reactive ketones (excluding diaryl/α,β-unsaturated/α-hetero) is 1.